The van der Waals surface area contributed by atoms with Crippen LogP contribution < -0.4 is 10.1 Å². The van der Waals surface area contributed by atoms with Crippen LogP contribution in [0.25, 0.3) is 0 Å². The zero-order chi connectivity index (χ0) is 14.7. The number of anilines is 1. The maximum Gasteiger partial charge on any atom is 0.275 e. The van der Waals surface area contributed by atoms with Gasteiger partial charge in [-0.3, -0.25) is 10.1 Å². The maximum atomic E-state index is 10.9. The second-order valence-electron chi connectivity index (χ2n) is 4.35. The standard InChI is InChI=1S/C13H15N3O3S/c1-8-7-14-13(20-8)9(2)15-10-4-11(16(17)18)6-12(5-10)19-3/h4-7,9,15H,1-3H3. The van der Waals surface area contributed by atoms with Gasteiger partial charge in [0.1, 0.15) is 10.8 Å². The SMILES string of the molecule is COc1cc(NC(C)c2ncc(C)s2)cc([N+](=O)[O-])c1. The first-order chi connectivity index (χ1) is 9.49. The lowest BCUT2D eigenvalue weighted by molar-refractivity contribution is -0.384. The summed E-state index contributed by atoms with van der Waals surface area (Å²) in [6.07, 6.45) is 1.81. The molecule has 7 heteroatoms. The van der Waals surface area contributed by atoms with Crippen molar-refractivity contribution < 1.29 is 9.66 Å². The van der Waals surface area contributed by atoms with Gasteiger partial charge in [0.15, 0.2) is 0 Å². The minimum Gasteiger partial charge on any atom is -0.496 e. The Kier molecular flexibility index (Phi) is 4.19. The van der Waals surface area contributed by atoms with Gasteiger partial charge < -0.3 is 10.1 Å². The Balaban J connectivity index is 2.24. The normalized spacial score (nSPS) is 11.9. The molecule has 1 atom stereocenters. The Morgan fingerprint density at radius 1 is 1.45 bits per heavy atom. The van der Waals surface area contributed by atoms with Crippen molar-refractivity contribution in [1.82, 2.24) is 4.98 Å². The van der Waals surface area contributed by atoms with Gasteiger partial charge in [-0.25, -0.2) is 4.98 Å². The van der Waals surface area contributed by atoms with Crippen LogP contribution in [0.1, 0.15) is 22.9 Å². The van der Waals surface area contributed by atoms with Crippen molar-refractivity contribution in [3.8, 4) is 5.75 Å². The fourth-order valence-electron chi connectivity index (χ4n) is 1.77. The first-order valence-electron chi connectivity index (χ1n) is 6.02. The summed E-state index contributed by atoms with van der Waals surface area (Å²) in [7, 11) is 1.48. The van der Waals surface area contributed by atoms with Crippen LogP contribution in [-0.4, -0.2) is 17.0 Å². The van der Waals surface area contributed by atoms with Gasteiger partial charge in [-0.1, -0.05) is 0 Å². The summed E-state index contributed by atoms with van der Waals surface area (Å²) < 4.78 is 5.08. The number of benzene rings is 1. The number of thiazole rings is 1. The highest BCUT2D eigenvalue weighted by molar-refractivity contribution is 7.11. The summed E-state index contributed by atoms with van der Waals surface area (Å²) in [4.78, 5) is 15.9. The molecule has 0 aliphatic carbocycles. The van der Waals surface area contributed by atoms with Crippen LogP contribution in [0.4, 0.5) is 11.4 Å². The van der Waals surface area contributed by atoms with Crippen LogP contribution >= 0.6 is 11.3 Å². The van der Waals surface area contributed by atoms with E-state index in [-0.39, 0.29) is 11.7 Å². The van der Waals surface area contributed by atoms with Gasteiger partial charge in [-0.15, -0.1) is 11.3 Å². The van der Waals surface area contributed by atoms with E-state index in [0.717, 1.165) is 9.88 Å². The molecule has 0 radical (unpaired) electrons. The van der Waals surface area contributed by atoms with E-state index < -0.39 is 4.92 Å². The largest absolute Gasteiger partial charge is 0.496 e. The van der Waals surface area contributed by atoms with Gasteiger partial charge >= 0.3 is 0 Å². The quantitative estimate of drug-likeness (QED) is 0.674. The van der Waals surface area contributed by atoms with Crippen molar-refractivity contribution in [3.05, 3.63) is 44.4 Å². The van der Waals surface area contributed by atoms with Crippen LogP contribution in [-0.2, 0) is 0 Å². The predicted molar refractivity (Wildman–Crippen MR) is 78.5 cm³/mol. The van der Waals surface area contributed by atoms with Gasteiger partial charge in [-0.2, -0.15) is 0 Å². The second kappa shape index (κ2) is 5.87. The van der Waals surface area contributed by atoms with Crippen molar-refractivity contribution in [1.29, 1.82) is 0 Å². The number of nitro groups is 1. The molecule has 1 unspecified atom stereocenters. The molecular weight excluding hydrogens is 278 g/mol. The van der Waals surface area contributed by atoms with E-state index in [9.17, 15) is 10.1 Å². The molecule has 0 saturated heterocycles. The lowest BCUT2D eigenvalue weighted by Gasteiger charge is -2.13. The van der Waals surface area contributed by atoms with Crippen molar-refractivity contribution >= 4 is 22.7 Å². The zero-order valence-corrected chi connectivity index (χ0v) is 12.2. The molecule has 1 aromatic heterocycles. The highest BCUT2D eigenvalue weighted by Crippen LogP contribution is 2.29. The van der Waals surface area contributed by atoms with E-state index >= 15 is 0 Å². The molecule has 1 aromatic carbocycles. The van der Waals surface area contributed by atoms with Gasteiger partial charge in [0, 0.05) is 28.9 Å². The predicted octanol–water partition coefficient (Wildman–Crippen LogP) is 3.54. The fourth-order valence-corrected chi connectivity index (χ4v) is 2.55. The average molecular weight is 293 g/mol. The van der Waals surface area contributed by atoms with Crippen molar-refractivity contribution in [3.63, 3.8) is 0 Å². The number of hydrogen-bond acceptors (Lipinski definition) is 6. The molecule has 0 fully saturated rings. The second-order valence-corrected chi connectivity index (χ2v) is 5.62. The van der Waals surface area contributed by atoms with Crippen molar-refractivity contribution in [2.75, 3.05) is 12.4 Å². The van der Waals surface area contributed by atoms with E-state index in [4.69, 9.17) is 4.74 Å². The van der Waals surface area contributed by atoms with E-state index in [1.807, 2.05) is 20.0 Å². The van der Waals surface area contributed by atoms with Gasteiger partial charge in [-0.05, 0) is 13.8 Å². The molecular formula is C13H15N3O3S. The molecule has 0 saturated carbocycles. The molecule has 1 heterocycles. The summed E-state index contributed by atoms with van der Waals surface area (Å²) in [6, 6.07) is 4.58. The van der Waals surface area contributed by atoms with Crippen LogP contribution in [0.3, 0.4) is 0 Å². The maximum absolute atomic E-state index is 10.9. The minimum atomic E-state index is -0.439. The third-order valence-electron chi connectivity index (χ3n) is 2.73. The van der Waals surface area contributed by atoms with E-state index in [2.05, 4.69) is 10.3 Å². The Bertz CT molecular complexity index is 627. The van der Waals surface area contributed by atoms with Crippen LogP contribution in [0.5, 0.6) is 5.75 Å². The third kappa shape index (κ3) is 3.24. The number of rotatable bonds is 5. The Hall–Kier alpha value is -2.15. The zero-order valence-electron chi connectivity index (χ0n) is 11.4. The van der Waals surface area contributed by atoms with E-state index in [1.54, 1.807) is 17.4 Å². The summed E-state index contributed by atoms with van der Waals surface area (Å²) in [5, 5.41) is 15.0. The first-order valence-corrected chi connectivity index (χ1v) is 6.83. The Morgan fingerprint density at radius 2 is 2.20 bits per heavy atom. The molecule has 2 rings (SSSR count). The van der Waals surface area contributed by atoms with Gasteiger partial charge in [0.2, 0.25) is 0 Å². The van der Waals surface area contributed by atoms with Gasteiger partial charge in [0.05, 0.1) is 24.1 Å². The molecule has 0 aliphatic rings. The smallest absolute Gasteiger partial charge is 0.275 e. The number of ether oxygens (including phenoxy) is 1. The summed E-state index contributed by atoms with van der Waals surface area (Å²) >= 11 is 1.60. The van der Waals surface area contributed by atoms with Crippen molar-refractivity contribution in [2.24, 2.45) is 0 Å². The number of nitrogens with zero attached hydrogens (tertiary/aromatic N) is 2. The lowest BCUT2D eigenvalue weighted by atomic mass is 10.2. The van der Waals surface area contributed by atoms with Crippen LogP contribution in [0.2, 0.25) is 0 Å². The molecule has 106 valence electrons. The molecule has 1 N–H and O–H groups in total. The lowest BCUT2D eigenvalue weighted by Crippen LogP contribution is -2.06. The molecule has 0 bridgehead atoms. The topological polar surface area (TPSA) is 77.3 Å². The molecule has 0 amide bonds. The molecule has 6 nitrogen and oxygen atoms in total. The van der Waals surface area contributed by atoms with E-state index in [0.29, 0.717) is 11.4 Å². The number of hydrogen-bond donors (Lipinski definition) is 1. The third-order valence-corrected chi connectivity index (χ3v) is 3.83. The molecule has 0 aliphatic heterocycles. The number of methoxy groups -OCH3 is 1. The highest BCUT2D eigenvalue weighted by Gasteiger charge is 2.14. The van der Waals surface area contributed by atoms with E-state index in [1.165, 1.54) is 19.2 Å². The summed E-state index contributed by atoms with van der Waals surface area (Å²) in [6.45, 7) is 3.95. The highest BCUT2D eigenvalue weighted by atomic mass is 32.1. The molecule has 2 aromatic rings. The minimum absolute atomic E-state index is 0.00521. The first kappa shape index (κ1) is 14.3. The number of aryl methyl sites for hydroxylation is 1. The number of nitrogens with one attached hydrogen (secondary N) is 1. The monoisotopic (exact) mass is 293 g/mol. The Labute approximate surface area is 120 Å². The summed E-state index contributed by atoms with van der Waals surface area (Å²) in [5.41, 5.74) is 0.630. The van der Waals surface area contributed by atoms with Crippen LogP contribution in [0, 0.1) is 17.0 Å². The molecule has 0 spiro atoms. The fraction of sp³-hybridized carbons (Fsp3) is 0.308. The number of aromatic nitrogens is 1. The number of nitro benzene ring substituents is 1. The van der Waals surface area contributed by atoms with Gasteiger partial charge in [0.25, 0.3) is 5.69 Å². The van der Waals surface area contributed by atoms with Crippen LogP contribution in [0.15, 0.2) is 24.4 Å². The Morgan fingerprint density at radius 3 is 2.75 bits per heavy atom. The average Bonchev–Trinajstić information content (AvgIpc) is 2.85. The van der Waals surface area contributed by atoms with Crippen molar-refractivity contribution in [2.45, 2.75) is 19.9 Å². The molecule has 20 heavy (non-hydrogen) atoms. The summed E-state index contributed by atoms with van der Waals surface area (Å²) in [5.74, 6) is 0.448. The number of non-ortho nitro benzene ring substituents is 1.